The third kappa shape index (κ3) is 6.46. The zero-order chi connectivity index (χ0) is 48.0. The number of fused-ring (bicyclic) bond motifs is 13. The number of para-hydroxylation sites is 2. The van der Waals surface area contributed by atoms with E-state index in [0.29, 0.717) is 0 Å². The number of nitrogens with zero attached hydrogens (tertiary/aromatic N) is 2. The SMILES string of the molecule is c1ccc(-c2ccccc2-c2ccc(N(c3cc(-c4cccc(-c5nc6ccccc6s5)c4)c4c(c3)C3(c5ccccc5O4)c4ccccc4-c4ccccc43)c3cccc4sc5ccccc5c34)cc2)cc1. The van der Waals surface area contributed by atoms with Gasteiger partial charge in [0, 0.05) is 53.8 Å². The molecule has 0 saturated carbocycles. The highest BCUT2D eigenvalue weighted by Crippen LogP contribution is 2.64. The lowest BCUT2D eigenvalue weighted by molar-refractivity contribution is 0.438. The fourth-order valence-electron chi connectivity index (χ4n) is 11.9. The van der Waals surface area contributed by atoms with Crippen molar-refractivity contribution in [2.24, 2.45) is 0 Å². The van der Waals surface area contributed by atoms with Crippen molar-refractivity contribution in [3.05, 3.63) is 277 Å². The molecule has 342 valence electrons. The molecule has 0 atom stereocenters. The molecule has 1 aliphatic heterocycles. The molecule has 0 saturated heterocycles. The zero-order valence-corrected chi connectivity index (χ0v) is 41.0. The Labute approximate surface area is 431 Å². The van der Waals surface area contributed by atoms with Crippen LogP contribution in [0.25, 0.3) is 85.5 Å². The van der Waals surface area contributed by atoms with E-state index in [1.807, 2.05) is 11.3 Å². The Kier molecular flexibility index (Phi) is 9.53. The number of anilines is 3. The van der Waals surface area contributed by atoms with Gasteiger partial charge in [0.1, 0.15) is 16.5 Å². The van der Waals surface area contributed by atoms with E-state index in [0.717, 1.165) is 72.5 Å². The van der Waals surface area contributed by atoms with Gasteiger partial charge < -0.3 is 9.64 Å². The van der Waals surface area contributed by atoms with E-state index in [9.17, 15) is 0 Å². The lowest BCUT2D eigenvalue weighted by atomic mass is 9.65. The molecule has 0 N–H and O–H groups in total. The summed E-state index contributed by atoms with van der Waals surface area (Å²) in [5.41, 5.74) is 18.6. The molecule has 0 radical (unpaired) electrons. The van der Waals surface area contributed by atoms with Crippen molar-refractivity contribution in [1.82, 2.24) is 4.98 Å². The molecule has 11 aromatic carbocycles. The number of thiazole rings is 1. The molecule has 2 aliphatic rings. The monoisotopic (exact) mass is 966 g/mol. The molecule has 0 amide bonds. The fraction of sp³-hybridized carbons (Fsp3) is 0.0147. The van der Waals surface area contributed by atoms with Crippen LogP contribution in [0.15, 0.2) is 255 Å². The first kappa shape index (κ1) is 41.9. The summed E-state index contributed by atoms with van der Waals surface area (Å²) in [6.07, 6.45) is 0. The average molecular weight is 967 g/mol. The summed E-state index contributed by atoms with van der Waals surface area (Å²) in [5, 5.41) is 3.46. The van der Waals surface area contributed by atoms with Gasteiger partial charge in [-0.2, -0.15) is 0 Å². The van der Waals surface area contributed by atoms with Crippen LogP contribution in [-0.2, 0) is 5.41 Å². The smallest absolute Gasteiger partial charge is 0.140 e. The molecule has 5 heteroatoms. The number of hydrogen-bond donors (Lipinski definition) is 0. The lowest BCUT2D eigenvalue weighted by Gasteiger charge is -2.41. The number of rotatable bonds is 7. The van der Waals surface area contributed by atoms with Crippen LogP contribution in [-0.4, -0.2) is 4.98 Å². The van der Waals surface area contributed by atoms with E-state index >= 15 is 0 Å². The molecule has 2 aromatic heterocycles. The minimum Gasteiger partial charge on any atom is -0.456 e. The normalized spacial score (nSPS) is 12.9. The number of aromatic nitrogens is 1. The van der Waals surface area contributed by atoms with E-state index in [2.05, 4.69) is 260 Å². The Morgan fingerprint density at radius 2 is 0.959 bits per heavy atom. The molecule has 0 fully saturated rings. The first-order valence-corrected chi connectivity index (χ1v) is 26.4. The molecular weight excluding hydrogens is 925 g/mol. The summed E-state index contributed by atoms with van der Waals surface area (Å²) in [5.74, 6) is 1.71. The highest BCUT2D eigenvalue weighted by molar-refractivity contribution is 7.26. The average Bonchev–Trinajstić information content (AvgIpc) is 4.22. The van der Waals surface area contributed by atoms with Gasteiger partial charge in [-0.3, -0.25) is 0 Å². The third-order valence-corrected chi connectivity index (χ3v) is 17.2. The van der Waals surface area contributed by atoms with Crippen molar-refractivity contribution in [3.63, 3.8) is 0 Å². The predicted molar refractivity (Wildman–Crippen MR) is 306 cm³/mol. The topological polar surface area (TPSA) is 25.4 Å². The van der Waals surface area contributed by atoms with Crippen LogP contribution in [0.2, 0.25) is 0 Å². The van der Waals surface area contributed by atoms with Crippen molar-refractivity contribution < 1.29 is 4.74 Å². The van der Waals surface area contributed by atoms with Crippen molar-refractivity contribution in [3.8, 4) is 66.6 Å². The Morgan fingerprint density at radius 1 is 0.370 bits per heavy atom. The molecule has 13 aromatic rings. The highest BCUT2D eigenvalue weighted by atomic mass is 32.1. The summed E-state index contributed by atoms with van der Waals surface area (Å²) < 4.78 is 11.1. The first-order chi connectivity index (χ1) is 36.2. The molecule has 1 spiro atoms. The van der Waals surface area contributed by atoms with E-state index in [1.165, 1.54) is 63.8 Å². The second-order valence-electron chi connectivity index (χ2n) is 18.9. The lowest BCUT2D eigenvalue weighted by Crippen LogP contribution is -2.32. The van der Waals surface area contributed by atoms with Crippen LogP contribution >= 0.6 is 22.7 Å². The number of ether oxygens (including phenoxy) is 1. The minimum atomic E-state index is -0.704. The fourth-order valence-corrected chi connectivity index (χ4v) is 13.9. The number of thiophene rings is 1. The maximum atomic E-state index is 7.42. The Balaban J connectivity index is 1.03. The van der Waals surface area contributed by atoms with Gasteiger partial charge in [-0.25, -0.2) is 4.98 Å². The summed E-state index contributed by atoms with van der Waals surface area (Å²) in [4.78, 5) is 7.64. The van der Waals surface area contributed by atoms with Crippen LogP contribution in [0.5, 0.6) is 11.5 Å². The summed E-state index contributed by atoms with van der Waals surface area (Å²) in [6, 6.07) is 93.0. The van der Waals surface area contributed by atoms with Crippen LogP contribution in [0.4, 0.5) is 17.1 Å². The third-order valence-electron chi connectivity index (χ3n) is 15.0. The minimum absolute atomic E-state index is 0.704. The quantitative estimate of drug-likeness (QED) is 0.159. The van der Waals surface area contributed by atoms with Crippen molar-refractivity contribution in [1.29, 1.82) is 0 Å². The summed E-state index contributed by atoms with van der Waals surface area (Å²) >= 11 is 3.58. The van der Waals surface area contributed by atoms with Gasteiger partial charge in [0.15, 0.2) is 0 Å². The summed E-state index contributed by atoms with van der Waals surface area (Å²) in [6.45, 7) is 0. The molecule has 3 nitrogen and oxygen atoms in total. The predicted octanol–water partition coefficient (Wildman–Crippen LogP) is 19.3. The van der Waals surface area contributed by atoms with E-state index < -0.39 is 5.41 Å². The largest absolute Gasteiger partial charge is 0.456 e. The van der Waals surface area contributed by atoms with Crippen LogP contribution in [0, 0.1) is 0 Å². The van der Waals surface area contributed by atoms with E-state index in [4.69, 9.17) is 9.72 Å². The Hall–Kier alpha value is -8.87. The number of hydrogen-bond acceptors (Lipinski definition) is 5. The summed E-state index contributed by atoms with van der Waals surface area (Å²) in [7, 11) is 0. The maximum absolute atomic E-state index is 7.42. The second kappa shape index (κ2) is 16.6. The van der Waals surface area contributed by atoms with Crippen molar-refractivity contribution >= 4 is 70.1 Å². The number of benzene rings is 11. The standard InChI is InChI=1S/C68H42N2OS2/c1-2-18-43(19-3-1)49-22-4-5-23-50(49)44-36-38-47(39-37-44)70(60-31-17-35-64-65(60)53-26-8-14-33-62(53)72-64)48-41-54(45-20-16-21-46(40-45)67-69-59-30-12-15-34-63(59)73-67)66-58(42-48)68(57-29-11-13-32-61(57)71-66)55-27-9-6-24-51(55)52-25-7-10-28-56(52)68/h1-42H. The molecule has 15 rings (SSSR count). The van der Waals surface area contributed by atoms with Crippen LogP contribution in [0.3, 0.4) is 0 Å². The maximum Gasteiger partial charge on any atom is 0.140 e. The van der Waals surface area contributed by atoms with Gasteiger partial charge in [0.25, 0.3) is 0 Å². The zero-order valence-electron chi connectivity index (χ0n) is 39.4. The molecule has 1 aliphatic carbocycles. The van der Waals surface area contributed by atoms with Crippen molar-refractivity contribution in [2.75, 3.05) is 4.90 Å². The van der Waals surface area contributed by atoms with Gasteiger partial charge in [0.05, 0.1) is 21.3 Å². The van der Waals surface area contributed by atoms with Gasteiger partial charge >= 0.3 is 0 Å². The van der Waals surface area contributed by atoms with Crippen molar-refractivity contribution in [2.45, 2.75) is 5.41 Å². The van der Waals surface area contributed by atoms with Gasteiger partial charge in [-0.15, -0.1) is 22.7 Å². The highest BCUT2D eigenvalue weighted by Gasteiger charge is 2.52. The van der Waals surface area contributed by atoms with Crippen LogP contribution < -0.4 is 9.64 Å². The molecule has 0 unspecified atom stereocenters. The van der Waals surface area contributed by atoms with E-state index in [-0.39, 0.29) is 0 Å². The molecule has 3 heterocycles. The molecule has 73 heavy (non-hydrogen) atoms. The van der Waals surface area contributed by atoms with Gasteiger partial charge in [0.2, 0.25) is 0 Å². The first-order valence-electron chi connectivity index (χ1n) is 24.8. The van der Waals surface area contributed by atoms with Crippen LogP contribution in [0.1, 0.15) is 22.3 Å². The second-order valence-corrected chi connectivity index (χ2v) is 21.0. The molecular formula is C68H42N2OS2. The molecule has 0 bridgehead atoms. The van der Waals surface area contributed by atoms with Gasteiger partial charge in [-0.05, 0) is 117 Å². The Morgan fingerprint density at radius 3 is 1.73 bits per heavy atom. The Bertz CT molecular complexity index is 4240. The van der Waals surface area contributed by atoms with E-state index in [1.54, 1.807) is 11.3 Å². The van der Waals surface area contributed by atoms with Gasteiger partial charge in [-0.1, -0.05) is 188 Å².